The number of rotatable bonds is 5. The first-order chi connectivity index (χ1) is 9.81. The fourth-order valence-electron chi connectivity index (χ4n) is 1.58. The summed E-state index contributed by atoms with van der Waals surface area (Å²) < 4.78 is 31.1. The predicted molar refractivity (Wildman–Crippen MR) is 74.1 cm³/mol. The second-order valence-corrected chi connectivity index (χ2v) is 6.40. The van der Waals surface area contributed by atoms with Crippen molar-refractivity contribution in [1.82, 2.24) is 10.2 Å². The second-order valence-electron chi connectivity index (χ2n) is 4.40. The topological polar surface area (TPSA) is 122 Å². The number of aryl methyl sites for hydroxylation is 1. The van der Waals surface area contributed by atoms with E-state index in [-0.39, 0.29) is 0 Å². The third-order valence-corrected chi connectivity index (χ3v) is 4.54. The first kappa shape index (κ1) is 15.0. The van der Waals surface area contributed by atoms with Crippen LogP contribution in [0.15, 0.2) is 29.0 Å². The van der Waals surface area contributed by atoms with E-state index >= 15 is 0 Å². The van der Waals surface area contributed by atoms with Gasteiger partial charge in [-0.1, -0.05) is 0 Å². The van der Waals surface area contributed by atoms with Crippen molar-refractivity contribution in [2.24, 2.45) is 0 Å². The smallest absolute Gasteiger partial charge is 0.323 e. The zero-order valence-corrected chi connectivity index (χ0v) is 12.1. The summed E-state index contributed by atoms with van der Waals surface area (Å²) in [5.74, 6) is -1.10. The van der Waals surface area contributed by atoms with Gasteiger partial charge in [-0.3, -0.25) is 9.52 Å². The number of aromatic nitrogens is 2. The Morgan fingerprint density at radius 2 is 2.14 bits per heavy atom. The molecule has 1 unspecified atom stereocenters. The Kier molecular flexibility index (Phi) is 3.94. The zero-order valence-electron chi connectivity index (χ0n) is 11.3. The van der Waals surface area contributed by atoms with E-state index in [9.17, 15) is 13.2 Å². The molecule has 0 aliphatic carbocycles. The lowest BCUT2D eigenvalue weighted by Gasteiger charge is -2.13. The minimum Gasteiger partial charge on any atom is -0.480 e. The van der Waals surface area contributed by atoms with Gasteiger partial charge in [0, 0.05) is 5.56 Å². The van der Waals surface area contributed by atoms with Crippen molar-refractivity contribution in [3.63, 3.8) is 0 Å². The molecule has 0 saturated heterocycles. The fourth-order valence-corrected chi connectivity index (χ4v) is 2.56. The number of nitrogens with zero attached hydrogens (tertiary/aromatic N) is 2. The van der Waals surface area contributed by atoms with E-state index in [1.165, 1.54) is 12.5 Å². The number of anilines is 1. The van der Waals surface area contributed by atoms with Crippen LogP contribution >= 0.6 is 0 Å². The fraction of sp³-hybridized carbons (Fsp3) is 0.250. The van der Waals surface area contributed by atoms with Crippen molar-refractivity contribution in [1.29, 1.82) is 0 Å². The first-order valence-corrected chi connectivity index (χ1v) is 7.47. The Bertz CT molecular complexity index is 755. The summed E-state index contributed by atoms with van der Waals surface area (Å²) in [5.41, 5.74) is 1.54. The Balaban J connectivity index is 2.28. The van der Waals surface area contributed by atoms with Gasteiger partial charge in [0.15, 0.2) is 5.25 Å². The zero-order chi connectivity index (χ0) is 15.6. The van der Waals surface area contributed by atoms with Crippen molar-refractivity contribution in [2.45, 2.75) is 19.1 Å². The number of nitrogens with one attached hydrogen (secondary N) is 1. The van der Waals surface area contributed by atoms with Crippen molar-refractivity contribution >= 4 is 21.7 Å². The minimum atomic E-state index is -4.00. The lowest BCUT2D eigenvalue weighted by atomic mass is 10.1. The van der Waals surface area contributed by atoms with Crippen LogP contribution in [-0.2, 0) is 14.8 Å². The number of benzene rings is 1. The number of sulfonamides is 1. The lowest BCUT2D eigenvalue weighted by Crippen LogP contribution is -2.32. The molecule has 2 rings (SSSR count). The third kappa shape index (κ3) is 3.19. The van der Waals surface area contributed by atoms with E-state index in [0.717, 1.165) is 6.92 Å². The molecule has 0 bridgehead atoms. The standard InChI is InChI=1S/C12H13N3O5S/c1-7-5-9(11-14-13-6-20-11)3-4-10(7)15-21(18,19)8(2)12(16)17/h3-6,8,15H,1-2H3,(H,16,17). The molecule has 21 heavy (non-hydrogen) atoms. The molecule has 0 fully saturated rings. The van der Waals surface area contributed by atoms with Gasteiger partial charge in [-0.15, -0.1) is 10.2 Å². The summed E-state index contributed by atoms with van der Waals surface area (Å²) in [4.78, 5) is 10.8. The molecule has 9 heteroatoms. The molecule has 0 spiro atoms. The average molecular weight is 311 g/mol. The average Bonchev–Trinajstić information content (AvgIpc) is 2.94. The molecular formula is C12H13N3O5S. The molecule has 1 atom stereocenters. The van der Waals surface area contributed by atoms with Gasteiger partial charge >= 0.3 is 5.97 Å². The van der Waals surface area contributed by atoms with Crippen LogP contribution in [0.25, 0.3) is 11.5 Å². The van der Waals surface area contributed by atoms with E-state index in [0.29, 0.717) is 22.7 Å². The molecule has 0 radical (unpaired) electrons. The van der Waals surface area contributed by atoms with Crippen molar-refractivity contribution in [3.05, 3.63) is 30.2 Å². The normalized spacial score (nSPS) is 12.9. The van der Waals surface area contributed by atoms with Gasteiger partial charge in [0.2, 0.25) is 22.3 Å². The van der Waals surface area contributed by atoms with E-state index in [4.69, 9.17) is 9.52 Å². The highest BCUT2D eigenvalue weighted by Crippen LogP contribution is 2.24. The van der Waals surface area contributed by atoms with Gasteiger partial charge in [0.1, 0.15) is 0 Å². The summed E-state index contributed by atoms with van der Waals surface area (Å²) >= 11 is 0. The summed E-state index contributed by atoms with van der Waals surface area (Å²) in [6.45, 7) is 2.79. The molecule has 0 saturated carbocycles. The maximum atomic E-state index is 11.9. The van der Waals surface area contributed by atoms with Crippen LogP contribution in [0.3, 0.4) is 0 Å². The maximum absolute atomic E-state index is 11.9. The Morgan fingerprint density at radius 3 is 2.67 bits per heavy atom. The molecule has 1 aromatic heterocycles. The highest BCUT2D eigenvalue weighted by molar-refractivity contribution is 7.94. The van der Waals surface area contributed by atoms with Gasteiger partial charge < -0.3 is 9.52 Å². The molecule has 112 valence electrons. The predicted octanol–water partition coefficient (Wildman–Crippen LogP) is 1.26. The summed E-state index contributed by atoms with van der Waals surface area (Å²) in [7, 11) is -4.00. The van der Waals surface area contributed by atoms with Crippen LogP contribution in [0.2, 0.25) is 0 Å². The molecule has 0 aliphatic heterocycles. The molecule has 8 nitrogen and oxygen atoms in total. The number of aliphatic carboxylic acids is 1. The highest BCUT2D eigenvalue weighted by atomic mass is 32.2. The molecule has 0 aliphatic rings. The Labute approximate surface area is 120 Å². The molecule has 1 heterocycles. The van der Waals surface area contributed by atoms with Crippen molar-refractivity contribution in [3.8, 4) is 11.5 Å². The van der Waals surface area contributed by atoms with Crippen LogP contribution < -0.4 is 4.72 Å². The van der Waals surface area contributed by atoms with Crippen molar-refractivity contribution < 1.29 is 22.7 Å². The quantitative estimate of drug-likeness (QED) is 0.852. The van der Waals surface area contributed by atoms with E-state index in [1.807, 2.05) is 0 Å². The van der Waals surface area contributed by atoms with E-state index in [2.05, 4.69) is 14.9 Å². The van der Waals surface area contributed by atoms with Crippen molar-refractivity contribution in [2.75, 3.05) is 4.72 Å². The minimum absolute atomic E-state index is 0.298. The molecule has 2 N–H and O–H groups in total. The van der Waals surface area contributed by atoms with E-state index < -0.39 is 21.2 Å². The number of hydrogen-bond acceptors (Lipinski definition) is 6. The van der Waals surface area contributed by atoms with Gasteiger partial charge in [0.25, 0.3) is 0 Å². The second kappa shape index (κ2) is 5.52. The maximum Gasteiger partial charge on any atom is 0.323 e. The van der Waals surface area contributed by atoms with Gasteiger partial charge in [-0.05, 0) is 37.6 Å². The Morgan fingerprint density at radius 1 is 1.43 bits per heavy atom. The van der Waals surface area contributed by atoms with Crippen LogP contribution in [0.5, 0.6) is 0 Å². The van der Waals surface area contributed by atoms with Crippen LogP contribution in [-0.4, -0.2) is 34.9 Å². The molecule has 0 amide bonds. The molecular weight excluding hydrogens is 298 g/mol. The van der Waals surface area contributed by atoms with Crippen LogP contribution in [0, 0.1) is 6.92 Å². The Hall–Kier alpha value is -2.42. The monoisotopic (exact) mass is 311 g/mol. The van der Waals surface area contributed by atoms with E-state index in [1.54, 1.807) is 19.1 Å². The van der Waals surface area contributed by atoms with Crippen LogP contribution in [0.4, 0.5) is 5.69 Å². The number of carbonyl (C=O) groups is 1. The van der Waals surface area contributed by atoms with Gasteiger partial charge in [-0.25, -0.2) is 8.42 Å². The van der Waals surface area contributed by atoms with Crippen LogP contribution in [0.1, 0.15) is 12.5 Å². The number of hydrogen-bond donors (Lipinski definition) is 2. The third-order valence-electron chi connectivity index (χ3n) is 2.90. The summed E-state index contributed by atoms with van der Waals surface area (Å²) in [6, 6.07) is 4.78. The number of carboxylic acid groups (broad SMARTS) is 1. The molecule has 1 aromatic carbocycles. The highest BCUT2D eigenvalue weighted by Gasteiger charge is 2.28. The summed E-state index contributed by atoms with van der Waals surface area (Å²) in [5, 5.41) is 14.5. The first-order valence-electron chi connectivity index (χ1n) is 5.93. The lowest BCUT2D eigenvalue weighted by molar-refractivity contribution is -0.136. The molecule has 2 aromatic rings. The number of carboxylic acids is 1. The SMILES string of the molecule is Cc1cc(-c2nnco2)ccc1NS(=O)(=O)C(C)C(=O)O. The van der Waals surface area contributed by atoms with Gasteiger partial charge in [-0.2, -0.15) is 0 Å². The van der Waals surface area contributed by atoms with Gasteiger partial charge in [0.05, 0.1) is 5.69 Å². The largest absolute Gasteiger partial charge is 0.480 e. The summed E-state index contributed by atoms with van der Waals surface area (Å²) in [6.07, 6.45) is 1.19.